The van der Waals surface area contributed by atoms with Gasteiger partial charge in [-0.15, -0.1) is 10.2 Å². The van der Waals surface area contributed by atoms with Gasteiger partial charge in [-0.2, -0.15) is 0 Å². The van der Waals surface area contributed by atoms with E-state index in [1.165, 1.54) is 36.6 Å². The Morgan fingerprint density at radius 2 is 1.93 bits per heavy atom. The van der Waals surface area contributed by atoms with Crippen molar-refractivity contribution in [3.63, 3.8) is 0 Å². The molecule has 2 rings (SSSR count). The van der Waals surface area contributed by atoms with Gasteiger partial charge in [-0.3, -0.25) is 24.5 Å². The highest BCUT2D eigenvalue weighted by Crippen LogP contribution is 2.28. The third kappa shape index (κ3) is 6.80. The summed E-state index contributed by atoms with van der Waals surface area (Å²) < 4.78 is 9.74. The number of aryl methyl sites for hydroxylation is 1. The first-order valence-corrected chi connectivity index (χ1v) is 8.98. The van der Waals surface area contributed by atoms with Crippen molar-refractivity contribution in [3.8, 4) is 5.75 Å². The van der Waals surface area contributed by atoms with E-state index >= 15 is 0 Å². The van der Waals surface area contributed by atoms with E-state index in [1.807, 2.05) is 0 Å². The maximum absolute atomic E-state index is 11.9. The first kappa shape index (κ1) is 21.7. The molecule has 0 aliphatic carbocycles. The number of benzene rings is 1. The van der Waals surface area contributed by atoms with Crippen LogP contribution in [0.4, 0.5) is 16.5 Å². The lowest BCUT2D eigenvalue weighted by molar-refractivity contribution is -0.383. The van der Waals surface area contributed by atoms with E-state index in [2.05, 4.69) is 20.8 Å². The van der Waals surface area contributed by atoms with E-state index in [0.29, 0.717) is 15.9 Å². The molecule has 2 amide bonds. The summed E-state index contributed by atoms with van der Waals surface area (Å²) in [6.07, 6.45) is -0.420. The van der Waals surface area contributed by atoms with Gasteiger partial charge in [-0.1, -0.05) is 11.3 Å². The third-order valence-electron chi connectivity index (χ3n) is 3.37. The van der Waals surface area contributed by atoms with Crippen molar-refractivity contribution in [2.45, 2.75) is 19.8 Å². The summed E-state index contributed by atoms with van der Waals surface area (Å²) >= 11 is 1.19. The molecule has 1 heterocycles. The van der Waals surface area contributed by atoms with Crippen molar-refractivity contribution >= 4 is 45.6 Å². The number of nitro benzene ring substituents is 1. The molecule has 0 unspecified atom stereocenters. The molecule has 0 fully saturated rings. The average Bonchev–Trinajstić information content (AvgIpc) is 3.08. The van der Waals surface area contributed by atoms with Crippen LogP contribution in [0.2, 0.25) is 0 Å². The number of hydrogen-bond acceptors (Lipinski definition) is 10. The van der Waals surface area contributed by atoms with Gasteiger partial charge >= 0.3 is 5.97 Å². The Labute approximate surface area is 168 Å². The van der Waals surface area contributed by atoms with E-state index in [-0.39, 0.29) is 24.2 Å². The van der Waals surface area contributed by atoms with Crippen LogP contribution >= 0.6 is 11.3 Å². The van der Waals surface area contributed by atoms with E-state index in [4.69, 9.17) is 9.47 Å². The summed E-state index contributed by atoms with van der Waals surface area (Å²) in [4.78, 5) is 45.7. The Bertz CT molecular complexity index is 930. The second-order valence-electron chi connectivity index (χ2n) is 5.52. The van der Waals surface area contributed by atoms with Crippen molar-refractivity contribution in [1.29, 1.82) is 0 Å². The number of methoxy groups -OCH3 is 1. The lowest BCUT2D eigenvalue weighted by atomic mass is 10.2. The summed E-state index contributed by atoms with van der Waals surface area (Å²) in [6, 6.07) is 3.83. The molecular formula is C16H17N5O7S. The number of rotatable bonds is 9. The molecule has 0 spiro atoms. The predicted molar refractivity (Wildman–Crippen MR) is 102 cm³/mol. The second-order valence-corrected chi connectivity index (χ2v) is 6.71. The molecule has 1 aromatic carbocycles. The van der Waals surface area contributed by atoms with Gasteiger partial charge in [0.15, 0.2) is 6.61 Å². The molecule has 29 heavy (non-hydrogen) atoms. The molecule has 0 aliphatic heterocycles. The summed E-state index contributed by atoms with van der Waals surface area (Å²) in [7, 11) is 1.37. The Morgan fingerprint density at radius 3 is 2.55 bits per heavy atom. The SMILES string of the molecule is COc1ccc([N+](=O)[O-])c(NC(=O)COC(=O)CCC(=O)Nc2nnc(C)s2)c1. The number of carbonyl (C=O) groups excluding carboxylic acids is 3. The van der Waals surface area contributed by atoms with Crippen LogP contribution in [0, 0.1) is 17.0 Å². The van der Waals surface area contributed by atoms with Crippen LogP contribution in [-0.2, 0) is 19.1 Å². The standard InChI is InChI=1S/C16H17N5O7S/c1-9-19-20-16(29-9)18-13(22)5-6-15(24)28-8-14(23)17-11-7-10(27-2)3-4-12(11)21(25)26/h3-4,7H,5-6,8H2,1-2H3,(H,17,23)(H,18,20,22). The first-order chi connectivity index (χ1) is 13.8. The molecule has 2 N–H and O–H groups in total. The highest BCUT2D eigenvalue weighted by Gasteiger charge is 2.18. The maximum atomic E-state index is 11.9. The Hall–Kier alpha value is -3.61. The first-order valence-electron chi connectivity index (χ1n) is 8.16. The van der Waals surface area contributed by atoms with Crippen LogP contribution in [0.1, 0.15) is 17.8 Å². The van der Waals surface area contributed by atoms with Crippen LogP contribution < -0.4 is 15.4 Å². The highest BCUT2D eigenvalue weighted by molar-refractivity contribution is 7.15. The molecule has 2 aromatic rings. The van der Waals surface area contributed by atoms with Crippen LogP contribution in [0.15, 0.2) is 18.2 Å². The van der Waals surface area contributed by atoms with Gasteiger partial charge < -0.3 is 20.1 Å². The number of carbonyl (C=O) groups is 3. The number of ether oxygens (including phenoxy) is 2. The van der Waals surface area contributed by atoms with Gasteiger partial charge in [0.05, 0.1) is 18.5 Å². The molecule has 0 saturated carbocycles. The van der Waals surface area contributed by atoms with E-state index in [0.717, 1.165) is 0 Å². The fraction of sp³-hybridized carbons (Fsp3) is 0.312. The minimum Gasteiger partial charge on any atom is -0.497 e. The van der Waals surface area contributed by atoms with Crippen molar-refractivity contribution < 1.29 is 28.8 Å². The number of nitrogens with one attached hydrogen (secondary N) is 2. The molecule has 0 saturated heterocycles. The molecule has 0 atom stereocenters. The fourth-order valence-electron chi connectivity index (χ4n) is 2.05. The van der Waals surface area contributed by atoms with Gasteiger partial charge in [0.25, 0.3) is 11.6 Å². The largest absolute Gasteiger partial charge is 0.497 e. The lowest BCUT2D eigenvalue weighted by Gasteiger charge is -2.08. The molecule has 12 nitrogen and oxygen atoms in total. The number of amides is 2. The zero-order valence-corrected chi connectivity index (χ0v) is 16.3. The van der Waals surface area contributed by atoms with Crippen molar-refractivity contribution in [3.05, 3.63) is 33.3 Å². The number of nitrogens with zero attached hydrogens (tertiary/aromatic N) is 3. The van der Waals surface area contributed by atoms with Crippen LogP contribution in [0.3, 0.4) is 0 Å². The third-order valence-corrected chi connectivity index (χ3v) is 4.12. The molecular weight excluding hydrogens is 406 g/mol. The van der Waals surface area contributed by atoms with Crippen LogP contribution in [-0.4, -0.2) is 46.6 Å². The molecule has 154 valence electrons. The second kappa shape index (κ2) is 10.1. The van der Waals surface area contributed by atoms with E-state index in [1.54, 1.807) is 6.92 Å². The molecule has 0 bridgehead atoms. The van der Waals surface area contributed by atoms with Gasteiger partial charge in [0, 0.05) is 18.6 Å². The zero-order chi connectivity index (χ0) is 21.4. The molecule has 1 aromatic heterocycles. The minimum absolute atomic E-state index is 0.0953. The average molecular weight is 423 g/mol. The van der Waals surface area contributed by atoms with Gasteiger partial charge in [-0.05, 0) is 13.0 Å². The zero-order valence-electron chi connectivity index (χ0n) is 15.5. The number of esters is 1. The smallest absolute Gasteiger partial charge is 0.306 e. The summed E-state index contributed by atoms with van der Waals surface area (Å²) in [5, 5.41) is 24.3. The monoisotopic (exact) mass is 423 g/mol. The molecule has 0 radical (unpaired) electrons. The number of anilines is 2. The lowest BCUT2D eigenvalue weighted by Crippen LogP contribution is -2.22. The van der Waals surface area contributed by atoms with Gasteiger partial charge in [0.1, 0.15) is 16.4 Å². The number of hydrogen-bond donors (Lipinski definition) is 2. The Kier molecular flexibility index (Phi) is 7.54. The minimum atomic E-state index is -0.775. The summed E-state index contributed by atoms with van der Waals surface area (Å²) in [5.74, 6) is -1.69. The summed E-state index contributed by atoms with van der Waals surface area (Å²) in [6.45, 7) is 1.07. The quantitative estimate of drug-likeness (QED) is 0.347. The predicted octanol–water partition coefficient (Wildman–Crippen LogP) is 1.66. The van der Waals surface area contributed by atoms with Crippen LogP contribution in [0.25, 0.3) is 0 Å². The van der Waals surface area contributed by atoms with Crippen LogP contribution in [0.5, 0.6) is 5.75 Å². The topological polar surface area (TPSA) is 163 Å². The van der Waals surface area contributed by atoms with Gasteiger partial charge in [-0.25, -0.2) is 0 Å². The molecule has 0 aliphatic rings. The van der Waals surface area contributed by atoms with Crippen molar-refractivity contribution in [2.75, 3.05) is 24.4 Å². The van der Waals surface area contributed by atoms with E-state index < -0.39 is 29.3 Å². The number of nitro groups is 1. The van der Waals surface area contributed by atoms with E-state index in [9.17, 15) is 24.5 Å². The van der Waals surface area contributed by atoms with Gasteiger partial charge in [0.2, 0.25) is 11.0 Å². The Morgan fingerprint density at radius 1 is 1.17 bits per heavy atom. The molecule has 13 heteroatoms. The normalized spacial score (nSPS) is 10.1. The maximum Gasteiger partial charge on any atom is 0.306 e. The number of aromatic nitrogens is 2. The highest BCUT2D eigenvalue weighted by atomic mass is 32.1. The fourth-order valence-corrected chi connectivity index (χ4v) is 2.66. The Balaban J connectivity index is 1.79. The van der Waals surface area contributed by atoms with Crippen molar-refractivity contribution in [2.24, 2.45) is 0 Å². The summed E-state index contributed by atoms with van der Waals surface area (Å²) in [5.41, 5.74) is -0.434. The van der Waals surface area contributed by atoms with Crippen molar-refractivity contribution in [1.82, 2.24) is 10.2 Å².